The summed E-state index contributed by atoms with van der Waals surface area (Å²) in [5.41, 5.74) is 1.93. The zero-order valence-corrected chi connectivity index (χ0v) is 15.2. The van der Waals surface area contributed by atoms with Crippen LogP contribution >= 0.6 is 0 Å². The number of fused-ring (bicyclic) bond motifs is 1. The molecule has 0 saturated heterocycles. The summed E-state index contributed by atoms with van der Waals surface area (Å²) in [5.74, 6) is 1.66. The fourth-order valence-corrected chi connectivity index (χ4v) is 3.21. The molecular formula is C20H22N4O2. The maximum atomic E-state index is 12.5. The first-order valence-corrected chi connectivity index (χ1v) is 8.68. The van der Waals surface area contributed by atoms with E-state index in [0.29, 0.717) is 18.8 Å². The van der Waals surface area contributed by atoms with E-state index in [9.17, 15) is 4.79 Å². The van der Waals surface area contributed by atoms with Crippen molar-refractivity contribution in [1.82, 2.24) is 19.2 Å². The van der Waals surface area contributed by atoms with Crippen LogP contribution in [-0.2, 0) is 23.4 Å². The second kappa shape index (κ2) is 6.05. The van der Waals surface area contributed by atoms with Crippen molar-refractivity contribution in [2.75, 3.05) is 0 Å². The lowest BCUT2D eigenvalue weighted by molar-refractivity contribution is -0.126. The van der Waals surface area contributed by atoms with Gasteiger partial charge < -0.3 is 13.9 Å². The van der Waals surface area contributed by atoms with Gasteiger partial charge in [0.2, 0.25) is 5.91 Å². The molecule has 0 bridgehead atoms. The largest absolute Gasteiger partial charge is 0.465 e. The van der Waals surface area contributed by atoms with E-state index in [1.165, 1.54) is 0 Å². The lowest BCUT2D eigenvalue weighted by Gasteiger charge is -2.24. The van der Waals surface area contributed by atoms with E-state index in [0.717, 1.165) is 17.1 Å². The summed E-state index contributed by atoms with van der Waals surface area (Å²) in [6, 6.07) is 7.61. The Morgan fingerprint density at radius 2 is 1.96 bits per heavy atom. The molecule has 0 aliphatic carbocycles. The van der Waals surface area contributed by atoms with Crippen molar-refractivity contribution in [3.8, 4) is 5.82 Å². The predicted molar refractivity (Wildman–Crippen MR) is 98.5 cm³/mol. The first-order valence-electron chi connectivity index (χ1n) is 8.68. The van der Waals surface area contributed by atoms with Crippen molar-refractivity contribution >= 4 is 12.0 Å². The molecule has 0 N–H and O–H groups in total. The highest BCUT2D eigenvalue weighted by molar-refractivity contribution is 5.91. The highest BCUT2D eigenvalue weighted by Gasteiger charge is 2.32. The van der Waals surface area contributed by atoms with Crippen LogP contribution in [0, 0.1) is 0 Å². The molecule has 6 heteroatoms. The van der Waals surface area contributed by atoms with Crippen molar-refractivity contribution in [2.24, 2.45) is 0 Å². The van der Waals surface area contributed by atoms with E-state index in [4.69, 9.17) is 9.52 Å². The van der Waals surface area contributed by atoms with E-state index in [1.807, 2.05) is 30.6 Å². The molecule has 0 unspecified atom stereocenters. The molecule has 3 aromatic rings. The van der Waals surface area contributed by atoms with Crippen LogP contribution in [0.2, 0.25) is 0 Å². The number of rotatable bonds is 3. The Balaban J connectivity index is 1.63. The van der Waals surface area contributed by atoms with Crippen LogP contribution in [0.4, 0.5) is 0 Å². The first kappa shape index (κ1) is 16.4. The molecule has 1 aliphatic rings. The number of amides is 1. The number of hydrogen-bond acceptors (Lipinski definition) is 3. The van der Waals surface area contributed by atoms with E-state index in [-0.39, 0.29) is 11.4 Å². The van der Waals surface area contributed by atoms with Crippen LogP contribution in [0.3, 0.4) is 0 Å². The van der Waals surface area contributed by atoms with Crippen LogP contribution in [0.25, 0.3) is 11.9 Å². The SMILES string of the molecule is CC(C)(C)n1nc2c(c1-n1cccc1)CN(C(=O)/C=C/c1ccco1)C2. The standard InChI is InChI=1S/C20H22N4O2/c1-20(2,3)24-19(22-10-4-5-11-22)16-13-23(14-17(16)21-24)18(25)9-8-15-7-6-12-26-15/h4-12H,13-14H2,1-3H3/b9-8+. The van der Waals surface area contributed by atoms with Gasteiger partial charge in [0, 0.05) is 24.0 Å². The first-order chi connectivity index (χ1) is 12.4. The molecule has 0 aromatic carbocycles. The summed E-state index contributed by atoms with van der Waals surface area (Å²) < 4.78 is 9.36. The molecule has 0 saturated carbocycles. The maximum absolute atomic E-state index is 12.5. The molecule has 0 radical (unpaired) electrons. The third kappa shape index (κ3) is 2.87. The van der Waals surface area contributed by atoms with Gasteiger partial charge in [0.25, 0.3) is 0 Å². The average Bonchev–Trinajstić information content (AvgIpc) is 3.33. The van der Waals surface area contributed by atoms with Gasteiger partial charge in [-0.25, -0.2) is 4.68 Å². The van der Waals surface area contributed by atoms with Crippen molar-refractivity contribution < 1.29 is 9.21 Å². The van der Waals surface area contributed by atoms with Crippen molar-refractivity contribution in [3.05, 3.63) is 66.0 Å². The molecule has 1 amide bonds. The molecule has 4 rings (SSSR count). The Morgan fingerprint density at radius 1 is 1.19 bits per heavy atom. The van der Waals surface area contributed by atoms with Crippen molar-refractivity contribution in [1.29, 1.82) is 0 Å². The Bertz CT molecular complexity index is 941. The van der Waals surface area contributed by atoms with Gasteiger partial charge in [0.1, 0.15) is 11.6 Å². The molecule has 0 fully saturated rings. The van der Waals surface area contributed by atoms with Crippen LogP contribution in [0.1, 0.15) is 37.8 Å². The highest BCUT2D eigenvalue weighted by atomic mass is 16.3. The Labute approximate surface area is 152 Å². The van der Waals surface area contributed by atoms with Crippen molar-refractivity contribution in [2.45, 2.75) is 39.4 Å². The number of furan rings is 1. The average molecular weight is 350 g/mol. The minimum Gasteiger partial charge on any atom is -0.465 e. The lowest BCUT2D eigenvalue weighted by Crippen LogP contribution is -2.29. The van der Waals surface area contributed by atoms with Gasteiger partial charge in [-0.05, 0) is 51.1 Å². The minimum atomic E-state index is -0.141. The second-order valence-electron chi connectivity index (χ2n) is 7.46. The summed E-state index contributed by atoms with van der Waals surface area (Å²) in [7, 11) is 0. The quantitative estimate of drug-likeness (QED) is 0.679. The predicted octanol–water partition coefficient (Wildman–Crippen LogP) is 3.58. The summed E-state index contributed by atoms with van der Waals surface area (Å²) >= 11 is 0. The molecule has 3 aromatic heterocycles. The second-order valence-corrected chi connectivity index (χ2v) is 7.46. The van der Waals surface area contributed by atoms with Gasteiger partial charge in [-0.15, -0.1) is 0 Å². The van der Waals surface area contributed by atoms with Gasteiger partial charge in [-0.2, -0.15) is 5.10 Å². The third-order valence-corrected chi connectivity index (χ3v) is 4.46. The van der Waals surface area contributed by atoms with Gasteiger partial charge >= 0.3 is 0 Å². The van der Waals surface area contributed by atoms with Crippen molar-refractivity contribution in [3.63, 3.8) is 0 Å². The van der Waals surface area contributed by atoms with E-state index in [1.54, 1.807) is 29.4 Å². The van der Waals surface area contributed by atoms with Gasteiger partial charge in [-0.3, -0.25) is 4.79 Å². The van der Waals surface area contributed by atoms with E-state index >= 15 is 0 Å². The Hall–Kier alpha value is -3.02. The summed E-state index contributed by atoms with van der Waals surface area (Å²) in [4.78, 5) is 14.3. The van der Waals surface area contributed by atoms with Gasteiger partial charge in [-0.1, -0.05) is 0 Å². The molecule has 4 heterocycles. The molecule has 134 valence electrons. The summed E-state index contributed by atoms with van der Waals surface area (Å²) in [5, 5.41) is 4.82. The number of nitrogens with zero attached hydrogens (tertiary/aromatic N) is 4. The highest BCUT2D eigenvalue weighted by Crippen LogP contribution is 2.32. The van der Waals surface area contributed by atoms with Gasteiger partial charge in [0.05, 0.1) is 30.6 Å². The smallest absolute Gasteiger partial charge is 0.247 e. The molecule has 0 spiro atoms. The monoisotopic (exact) mass is 350 g/mol. The third-order valence-electron chi connectivity index (χ3n) is 4.46. The molecule has 26 heavy (non-hydrogen) atoms. The Morgan fingerprint density at radius 3 is 2.62 bits per heavy atom. The van der Waals surface area contributed by atoms with Crippen LogP contribution in [0.5, 0.6) is 0 Å². The minimum absolute atomic E-state index is 0.0415. The Kier molecular flexibility index (Phi) is 3.83. The fourth-order valence-electron chi connectivity index (χ4n) is 3.21. The number of carbonyl (C=O) groups excluding carboxylic acids is 1. The van der Waals surface area contributed by atoms with Gasteiger partial charge in [0.15, 0.2) is 0 Å². The van der Waals surface area contributed by atoms with Crippen LogP contribution < -0.4 is 0 Å². The molecule has 1 aliphatic heterocycles. The zero-order valence-electron chi connectivity index (χ0n) is 15.2. The topological polar surface area (TPSA) is 56.2 Å². The fraction of sp³-hybridized carbons (Fsp3) is 0.300. The summed E-state index contributed by atoms with van der Waals surface area (Å²) in [6.07, 6.45) is 8.87. The molecular weight excluding hydrogens is 328 g/mol. The lowest BCUT2D eigenvalue weighted by atomic mass is 10.1. The summed E-state index contributed by atoms with van der Waals surface area (Å²) in [6.45, 7) is 7.49. The van der Waals surface area contributed by atoms with Crippen LogP contribution in [-0.4, -0.2) is 25.2 Å². The number of hydrogen-bond donors (Lipinski definition) is 0. The van der Waals surface area contributed by atoms with E-state index in [2.05, 4.69) is 30.0 Å². The number of carbonyl (C=O) groups is 1. The number of aromatic nitrogens is 3. The molecule has 0 atom stereocenters. The normalized spacial score (nSPS) is 14.3. The maximum Gasteiger partial charge on any atom is 0.247 e. The zero-order chi connectivity index (χ0) is 18.3. The molecule has 6 nitrogen and oxygen atoms in total. The van der Waals surface area contributed by atoms with Crippen LogP contribution in [0.15, 0.2) is 53.4 Å². The van der Waals surface area contributed by atoms with E-state index < -0.39 is 0 Å².